The molecule has 0 amide bonds. The van der Waals surface area contributed by atoms with E-state index in [1.54, 1.807) is 0 Å². The van der Waals surface area contributed by atoms with E-state index in [2.05, 4.69) is 4.98 Å². The molecule has 0 saturated heterocycles. The van der Waals surface area contributed by atoms with Crippen LogP contribution in [0.3, 0.4) is 0 Å². The van der Waals surface area contributed by atoms with Gasteiger partial charge in [-0.1, -0.05) is 78.9 Å². The Morgan fingerprint density at radius 3 is 2.00 bits per heavy atom. The van der Waals surface area contributed by atoms with Gasteiger partial charge in [0.05, 0.1) is 5.92 Å². The first kappa shape index (κ1) is 16.1. The van der Waals surface area contributed by atoms with Crippen molar-refractivity contribution in [1.29, 1.82) is 0 Å². The number of nitrogens with zero attached hydrogens (tertiary/aromatic N) is 1. The van der Waals surface area contributed by atoms with Crippen molar-refractivity contribution >= 4 is 10.9 Å². The first-order chi connectivity index (χ1) is 12.8. The summed E-state index contributed by atoms with van der Waals surface area (Å²) in [6, 6.07) is 26.0. The molecular weight excluding hydrogens is 324 g/mol. The number of H-pyrrole nitrogens is 1. The Hall–Kier alpha value is -3.40. The molecule has 2 atom stereocenters. The number of aromatic amines is 1. The number of nitrogens with one attached hydrogen (secondary N) is 1. The van der Waals surface area contributed by atoms with Gasteiger partial charge in [-0.3, -0.25) is 10.1 Å². The van der Waals surface area contributed by atoms with Crippen molar-refractivity contribution in [1.82, 2.24) is 4.98 Å². The fraction of sp³-hybridized carbons (Fsp3) is 0.0909. The molecule has 0 saturated carbocycles. The highest BCUT2D eigenvalue weighted by Gasteiger charge is 2.37. The molecule has 1 N–H and O–H groups in total. The number of nitro groups is 1. The predicted octanol–water partition coefficient (Wildman–Crippen LogP) is 5.32. The van der Waals surface area contributed by atoms with Crippen molar-refractivity contribution in [2.45, 2.75) is 12.0 Å². The predicted molar refractivity (Wildman–Crippen MR) is 103 cm³/mol. The van der Waals surface area contributed by atoms with Gasteiger partial charge in [-0.25, -0.2) is 0 Å². The molecular formula is C22H18N2O2. The van der Waals surface area contributed by atoms with Crippen LogP contribution in [-0.4, -0.2) is 9.91 Å². The normalized spacial score (nSPS) is 13.4. The summed E-state index contributed by atoms with van der Waals surface area (Å²) in [7, 11) is 0. The largest absolute Gasteiger partial charge is 0.361 e. The molecule has 4 rings (SSSR count). The van der Waals surface area contributed by atoms with Gasteiger partial charge in [0.25, 0.3) is 0 Å². The van der Waals surface area contributed by atoms with Crippen LogP contribution in [-0.2, 0) is 0 Å². The molecule has 0 fully saturated rings. The fourth-order valence-corrected chi connectivity index (χ4v) is 3.63. The van der Waals surface area contributed by atoms with E-state index in [1.165, 1.54) is 0 Å². The van der Waals surface area contributed by atoms with Gasteiger partial charge in [-0.2, -0.15) is 0 Å². The average Bonchev–Trinajstić information content (AvgIpc) is 3.11. The number of hydrogen-bond acceptors (Lipinski definition) is 2. The lowest BCUT2D eigenvalue weighted by atomic mass is 9.82. The van der Waals surface area contributed by atoms with Crippen LogP contribution in [0.4, 0.5) is 0 Å². The van der Waals surface area contributed by atoms with Gasteiger partial charge in [0.1, 0.15) is 0 Å². The molecule has 0 aliphatic heterocycles. The third-order valence-electron chi connectivity index (χ3n) is 4.80. The van der Waals surface area contributed by atoms with Crippen molar-refractivity contribution in [2.24, 2.45) is 0 Å². The van der Waals surface area contributed by atoms with Crippen LogP contribution in [0.15, 0.2) is 91.1 Å². The lowest BCUT2D eigenvalue weighted by molar-refractivity contribution is -0.531. The second-order valence-electron chi connectivity index (χ2n) is 6.32. The van der Waals surface area contributed by atoms with Crippen LogP contribution in [0.2, 0.25) is 0 Å². The fourth-order valence-electron chi connectivity index (χ4n) is 3.63. The molecule has 26 heavy (non-hydrogen) atoms. The molecule has 0 bridgehead atoms. The monoisotopic (exact) mass is 342 g/mol. The second kappa shape index (κ2) is 6.84. The minimum absolute atomic E-state index is 0.172. The van der Waals surface area contributed by atoms with Crippen molar-refractivity contribution in [3.63, 3.8) is 0 Å². The van der Waals surface area contributed by atoms with Gasteiger partial charge in [0, 0.05) is 27.6 Å². The molecule has 1 unspecified atom stereocenters. The zero-order valence-corrected chi connectivity index (χ0v) is 14.1. The third-order valence-corrected chi connectivity index (χ3v) is 4.80. The molecule has 1 heterocycles. The van der Waals surface area contributed by atoms with E-state index in [0.717, 1.165) is 22.0 Å². The molecule has 0 spiro atoms. The topological polar surface area (TPSA) is 58.9 Å². The van der Waals surface area contributed by atoms with E-state index in [9.17, 15) is 10.1 Å². The van der Waals surface area contributed by atoms with E-state index in [-0.39, 0.29) is 10.8 Å². The summed E-state index contributed by atoms with van der Waals surface area (Å²) >= 11 is 0. The highest BCUT2D eigenvalue weighted by Crippen LogP contribution is 2.41. The zero-order chi connectivity index (χ0) is 17.9. The maximum atomic E-state index is 12.1. The van der Waals surface area contributed by atoms with Gasteiger partial charge in [-0.05, 0) is 17.2 Å². The van der Waals surface area contributed by atoms with Crippen LogP contribution >= 0.6 is 0 Å². The number of hydrogen-bond donors (Lipinski definition) is 1. The number of para-hydroxylation sites is 1. The minimum Gasteiger partial charge on any atom is -0.361 e. The second-order valence-corrected chi connectivity index (χ2v) is 6.32. The van der Waals surface area contributed by atoms with Crippen molar-refractivity contribution in [3.05, 3.63) is 118 Å². The summed E-state index contributed by atoms with van der Waals surface area (Å²) in [6.45, 7) is 0. The van der Waals surface area contributed by atoms with Crippen molar-refractivity contribution in [2.75, 3.05) is 0 Å². The molecule has 3 aromatic carbocycles. The van der Waals surface area contributed by atoms with Gasteiger partial charge in [0.2, 0.25) is 6.04 Å². The first-order valence-corrected chi connectivity index (χ1v) is 8.55. The quantitative estimate of drug-likeness (QED) is 0.394. The standard InChI is InChI=1S/C22H18N2O2/c25-24(26)22(17-11-5-2-6-12-17)21(16-9-3-1-4-10-16)19-15-23-20-14-8-7-13-18(19)20/h1-15,21-23H/t21-,22?/m0/s1. The molecule has 4 aromatic rings. The third kappa shape index (κ3) is 2.86. The minimum atomic E-state index is -0.863. The van der Waals surface area contributed by atoms with Gasteiger partial charge >= 0.3 is 0 Å². The number of aromatic nitrogens is 1. The number of benzene rings is 3. The van der Waals surface area contributed by atoms with E-state index in [1.807, 2.05) is 91.1 Å². The van der Waals surface area contributed by atoms with Gasteiger partial charge in [0.15, 0.2) is 0 Å². The highest BCUT2D eigenvalue weighted by atomic mass is 16.6. The first-order valence-electron chi connectivity index (χ1n) is 8.55. The smallest absolute Gasteiger partial charge is 0.248 e. The van der Waals surface area contributed by atoms with E-state index < -0.39 is 6.04 Å². The SMILES string of the molecule is O=[N+]([O-])C(c1ccccc1)[C@@H](c1ccccc1)c1c[nH]c2ccccc12. The Morgan fingerprint density at radius 1 is 0.769 bits per heavy atom. The Labute approximate surface area is 151 Å². The molecule has 0 radical (unpaired) electrons. The maximum Gasteiger partial charge on any atom is 0.248 e. The average molecular weight is 342 g/mol. The van der Waals surface area contributed by atoms with Crippen molar-refractivity contribution < 1.29 is 4.92 Å². The van der Waals surface area contributed by atoms with E-state index >= 15 is 0 Å². The van der Waals surface area contributed by atoms with Gasteiger partial charge < -0.3 is 4.98 Å². The number of rotatable bonds is 5. The molecule has 0 aliphatic rings. The van der Waals surface area contributed by atoms with Gasteiger partial charge in [-0.15, -0.1) is 0 Å². The molecule has 0 aliphatic carbocycles. The lowest BCUT2D eigenvalue weighted by Gasteiger charge is -2.22. The summed E-state index contributed by atoms with van der Waals surface area (Å²) in [5, 5.41) is 13.2. The Bertz CT molecular complexity index is 1030. The Balaban J connectivity index is 1.95. The van der Waals surface area contributed by atoms with Crippen LogP contribution in [0.5, 0.6) is 0 Å². The van der Waals surface area contributed by atoms with E-state index in [0.29, 0.717) is 5.56 Å². The van der Waals surface area contributed by atoms with Crippen LogP contribution in [0, 0.1) is 10.1 Å². The number of fused-ring (bicyclic) bond motifs is 1. The summed E-state index contributed by atoms with van der Waals surface area (Å²) in [5.74, 6) is -0.384. The lowest BCUT2D eigenvalue weighted by Crippen LogP contribution is -2.20. The maximum absolute atomic E-state index is 12.1. The van der Waals surface area contributed by atoms with Crippen LogP contribution in [0.1, 0.15) is 28.7 Å². The zero-order valence-electron chi connectivity index (χ0n) is 14.1. The Morgan fingerprint density at radius 2 is 1.35 bits per heavy atom. The van der Waals surface area contributed by atoms with Crippen LogP contribution in [0.25, 0.3) is 10.9 Å². The Kier molecular flexibility index (Phi) is 4.23. The van der Waals surface area contributed by atoms with E-state index in [4.69, 9.17) is 0 Å². The summed E-state index contributed by atoms with van der Waals surface area (Å²) in [6.07, 6.45) is 1.90. The molecule has 4 heteroatoms. The summed E-state index contributed by atoms with van der Waals surface area (Å²) < 4.78 is 0. The molecule has 1 aromatic heterocycles. The molecule has 4 nitrogen and oxygen atoms in total. The van der Waals surface area contributed by atoms with Crippen LogP contribution < -0.4 is 0 Å². The van der Waals surface area contributed by atoms with Crippen molar-refractivity contribution in [3.8, 4) is 0 Å². The summed E-state index contributed by atoms with van der Waals surface area (Å²) in [5.41, 5.74) is 3.57. The molecule has 128 valence electrons. The summed E-state index contributed by atoms with van der Waals surface area (Å²) in [4.78, 5) is 15.2. The highest BCUT2D eigenvalue weighted by molar-refractivity contribution is 5.84.